The lowest BCUT2D eigenvalue weighted by atomic mass is 9.67. The minimum atomic E-state index is -0.453. The van der Waals surface area contributed by atoms with Crippen LogP contribution in [0.5, 0.6) is 0 Å². The number of nitrogens with zero attached hydrogens (tertiary/aromatic N) is 1. The molecule has 2 heteroatoms. The highest BCUT2D eigenvalue weighted by Gasteiger charge is 2.46. The van der Waals surface area contributed by atoms with Crippen molar-refractivity contribution in [2.45, 2.75) is 5.41 Å². The molecule has 1 heterocycles. The van der Waals surface area contributed by atoms with E-state index in [1.165, 1.54) is 60.8 Å². The van der Waals surface area contributed by atoms with E-state index in [4.69, 9.17) is 4.42 Å². The molecule has 0 radical (unpaired) electrons. The van der Waals surface area contributed by atoms with Crippen molar-refractivity contribution in [1.29, 1.82) is 0 Å². The highest BCUT2D eigenvalue weighted by molar-refractivity contribution is 6.06. The predicted octanol–water partition coefficient (Wildman–Crippen LogP) is 15.9. The summed E-state index contributed by atoms with van der Waals surface area (Å²) in [5.74, 6) is 0. The fourth-order valence-electron chi connectivity index (χ4n) is 10.0. The normalized spacial score (nSPS) is 12.7. The molecule has 1 aliphatic rings. The highest BCUT2D eigenvalue weighted by atomic mass is 16.3. The van der Waals surface area contributed by atoms with E-state index in [0.717, 1.165) is 44.6 Å². The van der Waals surface area contributed by atoms with Crippen LogP contribution < -0.4 is 4.90 Å². The van der Waals surface area contributed by atoms with Crippen LogP contribution in [0.15, 0.2) is 241 Å². The summed E-state index contributed by atoms with van der Waals surface area (Å²) in [5.41, 5.74) is 16.9. The van der Waals surface area contributed by atoms with Gasteiger partial charge in [0.15, 0.2) is 0 Å². The van der Waals surface area contributed by atoms with Crippen molar-refractivity contribution in [3.05, 3.63) is 259 Å². The van der Waals surface area contributed by atoms with Gasteiger partial charge < -0.3 is 9.32 Å². The monoisotopic (exact) mass is 777 g/mol. The lowest BCUT2D eigenvalue weighted by molar-refractivity contribution is 0.669. The van der Waals surface area contributed by atoms with Crippen LogP contribution in [0, 0.1) is 0 Å². The van der Waals surface area contributed by atoms with Gasteiger partial charge in [-0.15, -0.1) is 0 Å². The molecule has 0 N–H and O–H groups in total. The second kappa shape index (κ2) is 14.1. The molecule has 1 aromatic heterocycles. The summed E-state index contributed by atoms with van der Waals surface area (Å²) in [4.78, 5) is 2.35. The molecule has 0 saturated carbocycles. The van der Waals surface area contributed by atoms with E-state index in [-0.39, 0.29) is 0 Å². The Kier molecular flexibility index (Phi) is 8.11. The number of para-hydroxylation sites is 1. The molecule has 10 aromatic carbocycles. The Morgan fingerprint density at radius 1 is 0.311 bits per heavy atom. The summed E-state index contributed by atoms with van der Waals surface area (Å²) < 4.78 is 6.45. The Bertz CT molecular complexity index is 3370. The number of furan rings is 1. The van der Waals surface area contributed by atoms with Gasteiger partial charge in [0.1, 0.15) is 11.2 Å². The number of anilines is 3. The van der Waals surface area contributed by atoms with Gasteiger partial charge in [-0.25, -0.2) is 0 Å². The third-order valence-corrected chi connectivity index (χ3v) is 12.7. The van der Waals surface area contributed by atoms with Crippen molar-refractivity contribution >= 4 is 49.8 Å². The van der Waals surface area contributed by atoms with E-state index < -0.39 is 5.41 Å². The third-order valence-electron chi connectivity index (χ3n) is 12.7. The van der Waals surface area contributed by atoms with Crippen molar-refractivity contribution in [2.24, 2.45) is 0 Å². The maximum atomic E-state index is 6.45. The topological polar surface area (TPSA) is 16.4 Å². The first-order valence-electron chi connectivity index (χ1n) is 21.0. The second-order valence-corrected chi connectivity index (χ2v) is 16.0. The zero-order valence-electron chi connectivity index (χ0n) is 33.4. The average Bonchev–Trinajstić information content (AvgIpc) is 3.85. The molecule has 0 saturated heterocycles. The van der Waals surface area contributed by atoms with Crippen molar-refractivity contribution < 1.29 is 4.42 Å². The lowest BCUT2D eigenvalue weighted by Gasteiger charge is -2.34. The van der Waals surface area contributed by atoms with Crippen molar-refractivity contribution in [1.82, 2.24) is 0 Å². The maximum Gasteiger partial charge on any atom is 0.137 e. The molecule has 2 nitrogen and oxygen atoms in total. The summed E-state index contributed by atoms with van der Waals surface area (Å²) in [6, 6.07) is 86.0. The first-order valence-corrected chi connectivity index (χ1v) is 21.0. The van der Waals surface area contributed by atoms with Crippen molar-refractivity contribution in [3.63, 3.8) is 0 Å². The standard InChI is InChI=1S/C59H39NO/c1-3-18-44(19-4-1)59(45-20-5-2-6-21-45)55-27-11-9-24-51(55)52-35-31-42(38-56(52)59)40-29-32-46(33-30-40)60(48-34-36-54-53-25-10-12-28-57(53)61-58(54)39-48)47-22-13-17-43(37-47)50-26-14-16-41-15-7-8-23-49(41)50/h1-39H. The Balaban J connectivity index is 1.00. The van der Waals surface area contributed by atoms with Gasteiger partial charge in [0.05, 0.1) is 5.41 Å². The fourth-order valence-corrected chi connectivity index (χ4v) is 10.0. The van der Waals surface area contributed by atoms with Crippen molar-refractivity contribution in [3.8, 4) is 33.4 Å². The molecule has 0 fully saturated rings. The molecule has 0 aliphatic heterocycles. The number of rotatable bonds is 7. The Morgan fingerprint density at radius 3 is 1.72 bits per heavy atom. The first-order chi connectivity index (χ1) is 30.2. The van der Waals surface area contributed by atoms with Crippen LogP contribution in [0.2, 0.25) is 0 Å². The Hall–Kier alpha value is -7.94. The van der Waals surface area contributed by atoms with Crippen LogP contribution in [-0.4, -0.2) is 0 Å². The minimum absolute atomic E-state index is 0.453. The Labute approximate surface area is 355 Å². The molecule has 12 rings (SSSR count). The maximum absolute atomic E-state index is 6.45. The van der Waals surface area contributed by atoms with Crippen molar-refractivity contribution in [2.75, 3.05) is 4.90 Å². The summed E-state index contributed by atoms with van der Waals surface area (Å²) in [7, 11) is 0. The SMILES string of the molecule is c1ccc(C2(c3ccccc3)c3ccccc3-c3ccc(-c4ccc(N(c5cccc(-c6cccc7ccccc67)c5)c5ccc6c(c5)oc5ccccc56)cc4)cc32)cc1. The molecule has 0 unspecified atom stereocenters. The van der Waals surface area contributed by atoms with Gasteiger partial charge >= 0.3 is 0 Å². The van der Waals surface area contributed by atoms with E-state index in [2.05, 4.69) is 229 Å². The van der Waals surface area contributed by atoms with E-state index in [9.17, 15) is 0 Å². The predicted molar refractivity (Wildman–Crippen MR) is 254 cm³/mol. The zero-order chi connectivity index (χ0) is 40.3. The molecule has 61 heavy (non-hydrogen) atoms. The van der Waals surface area contributed by atoms with Gasteiger partial charge in [0.25, 0.3) is 0 Å². The molecular weight excluding hydrogens is 739 g/mol. The summed E-state index contributed by atoms with van der Waals surface area (Å²) in [6.45, 7) is 0. The molecular formula is C59H39NO. The number of hydrogen-bond donors (Lipinski definition) is 0. The number of benzene rings is 10. The van der Waals surface area contributed by atoms with Gasteiger partial charge in [-0.05, 0) is 115 Å². The quantitative estimate of drug-likeness (QED) is 0.160. The molecule has 0 amide bonds. The van der Waals surface area contributed by atoms with Gasteiger partial charge in [0, 0.05) is 33.9 Å². The van der Waals surface area contributed by atoms with Crippen LogP contribution in [0.4, 0.5) is 17.1 Å². The molecule has 11 aromatic rings. The largest absolute Gasteiger partial charge is 0.456 e. The summed E-state index contributed by atoms with van der Waals surface area (Å²) in [6.07, 6.45) is 0. The molecule has 0 atom stereocenters. The van der Waals surface area contributed by atoms with Crippen LogP contribution in [0.25, 0.3) is 66.1 Å². The van der Waals surface area contributed by atoms with Gasteiger partial charge in [-0.1, -0.05) is 182 Å². The van der Waals surface area contributed by atoms with Crippen LogP contribution in [0.1, 0.15) is 22.3 Å². The highest BCUT2D eigenvalue weighted by Crippen LogP contribution is 2.56. The van der Waals surface area contributed by atoms with E-state index in [0.29, 0.717) is 0 Å². The Morgan fingerprint density at radius 2 is 0.902 bits per heavy atom. The van der Waals surface area contributed by atoms with Gasteiger partial charge in [-0.2, -0.15) is 0 Å². The minimum Gasteiger partial charge on any atom is -0.456 e. The number of hydrogen-bond acceptors (Lipinski definition) is 2. The third kappa shape index (κ3) is 5.57. The zero-order valence-corrected chi connectivity index (χ0v) is 33.4. The molecule has 0 spiro atoms. The lowest BCUT2D eigenvalue weighted by Crippen LogP contribution is -2.28. The van der Waals surface area contributed by atoms with E-state index in [1.54, 1.807) is 0 Å². The summed E-state index contributed by atoms with van der Waals surface area (Å²) in [5, 5.41) is 4.70. The summed E-state index contributed by atoms with van der Waals surface area (Å²) >= 11 is 0. The van der Waals surface area contributed by atoms with Crippen LogP contribution in [0.3, 0.4) is 0 Å². The fraction of sp³-hybridized carbons (Fsp3) is 0.0169. The molecule has 286 valence electrons. The smallest absolute Gasteiger partial charge is 0.137 e. The van der Waals surface area contributed by atoms with Crippen LogP contribution in [-0.2, 0) is 5.41 Å². The second-order valence-electron chi connectivity index (χ2n) is 16.0. The van der Waals surface area contributed by atoms with Crippen LogP contribution >= 0.6 is 0 Å². The molecule has 1 aliphatic carbocycles. The average molecular weight is 778 g/mol. The van der Waals surface area contributed by atoms with Gasteiger partial charge in [0.2, 0.25) is 0 Å². The number of fused-ring (bicyclic) bond motifs is 7. The van der Waals surface area contributed by atoms with Gasteiger partial charge in [-0.3, -0.25) is 0 Å². The first kappa shape index (κ1) is 35.0. The molecule has 0 bridgehead atoms. The van der Waals surface area contributed by atoms with E-state index in [1.807, 2.05) is 12.1 Å². The van der Waals surface area contributed by atoms with E-state index >= 15 is 0 Å².